The van der Waals surface area contributed by atoms with Crippen LogP contribution in [0.4, 0.5) is 5.82 Å². The largest absolute Gasteiger partial charge is 0.396 e. The van der Waals surface area contributed by atoms with Crippen LogP contribution in [-0.4, -0.2) is 43.0 Å². The molecule has 0 radical (unpaired) electrons. The van der Waals surface area contributed by atoms with Crippen molar-refractivity contribution in [1.82, 2.24) is 24.7 Å². The van der Waals surface area contributed by atoms with Crippen LogP contribution in [0.1, 0.15) is 19.8 Å². The van der Waals surface area contributed by atoms with E-state index < -0.39 is 0 Å². The molecule has 7 heteroatoms. The molecule has 3 heterocycles. The molecule has 1 unspecified atom stereocenters. The summed E-state index contributed by atoms with van der Waals surface area (Å²) in [5.74, 6) is 1.19. The van der Waals surface area contributed by atoms with Gasteiger partial charge in [-0.15, -0.1) is 0 Å². The van der Waals surface area contributed by atoms with Crippen LogP contribution < -0.4 is 5.32 Å². The zero-order valence-electron chi connectivity index (χ0n) is 13.1. The van der Waals surface area contributed by atoms with E-state index in [1.165, 1.54) is 6.33 Å². The first kappa shape index (κ1) is 15.4. The summed E-state index contributed by atoms with van der Waals surface area (Å²) in [5.41, 5.74) is 1.66. The smallest absolute Gasteiger partial charge is 0.168 e. The monoisotopic (exact) mass is 312 g/mol. The van der Waals surface area contributed by atoms with E-state index in [1.54, 1.807) is 23.3 Å². The number of hydrogen-bond donors (Lipinski definition) is 2. The zero-order chi connectivity index (χ0) is 16.1. The quantitative estimate of drug-likeness (QED) is 0.694. The zero-order valence-corrected chi connectivity index (χ0v) is 13.1. The summed E-state index contributed by atoms with van der Waals surface area (Å²) in [7, 11) is 0. The fourth-order valence-electron chi connectivity index (χ4n) is 2.53. The minimum atomic E-state index is 0.208. The molecule has 0 bridgehead atoms. The summed E-state index contributed by atoms with van der Waals surface area (Å²) in [6.45, 7) is 3.10. The van der Waals surface area contributed by atoms with Crippen molar-refractivity contribution in [2.24, 2.45) is 5.92 Å². The van der Waals surface area contributed by atoms with Crippen LogP contribution in [0.2, 0.25) is 0 Å². The Labute approximate surface area is 134 Å². The molecule has 0 saturated heterocycles. The number of hydrogen-bond acceptors (Lipinski definition) is 6. The molecule has 120 valence electrons. The van der Waals surface area contributed by atoms with Gasteiger partial charge in [-0.1, -0.05) is 13.3 Å². The average Bonchev–Trinajstić information content (AvgIpc) is 3.04. The minimum Gasteiger partial charge on any atom is -0.396 e. The van der Waals surface area contributed by atoms with Gasteiger partial charge in [-0.3, -0.25) is 4.98 Å². The first-order valence-electron chi connectivity index (χ1n) is 7.77. The predicted octanol–water partition coefficient (Wildman–Crippen LogP) is 2.03. The van der Waals surface area contributed by atoms with Gasteiger partial charge >= 0.3 is 0 Å². The fraction of sp³-hybridized carbons (Fsp3) is 0.375. The normalized spacial score (nSPS) is 12.4. The lowest BCUT2D eigenvalue weighted by Gasteiger charge is -2.14. The van der Waals surface area contributed by atoms with Gasteiger partial charge in [0.25, 0.3) is 0 Å². The summed E-state index contributed by atoms with van der Waals surface area (Å²) in [6, 6.07) is 3.77. The summed E-state index contributed by atoms with van der Waals surface area (Å²) in [4.78, 5) is 12.7. The second-order valence-corrected chi connectivity index (χ2v) is 5.39. The lowest BCUT2D eigenvalue weighted by Crippen LogP contribution is -2.15. The van der Waals surface area contributed by atoms with E-state index in [1.807, 2.05) is 12.1 Å². The Bertz CT molecular complexity index is 758. The van der Waals surface area contributed by atoms with Crippen molar-refractivity contribution in [1.29, 1.82) is 0 Å². The van der Waals surface area contributed by atoms with Crippen molar-refractivity contribution in [2.75, 3.05) is 18.5 Å². The summed E-state index contributed by atoms with van der Waals surface area (Å²) < 4.78 is 1.77. The second-order valence-electron chi connectivity index (χ2n) is 5.39. The van der Waals surface area contributed by atoms with Gasteiger partial charge in [0.2, 0.25) is 0 Å². The molecule has 0 aliphatic rings. The SMILES string of the molecule is CCC(CCO)CNc1ncnc2c1cnn2-c1ccncc1. The van der Waals surface area contributed by atoms with E-state index in [-0.39, 0.29) is 6.61 Å². The Hall–Kier alpha value is -2.54. The highest BCUT2D eigenvalue weighted by molar-refractivity contribution is 5.87. The van der Waals surface area contributed by atoms with Gasteiger partial charge in [0, 0.05) is 25.5 Å². The molecule has 0 aliphatic heterocycles. The van der Waals surface area contributed by atoms with Crippen molar-refractivity contribution in [3.8, 4) is 5.69 Å². The molecule has 3 rings (SSSR count). The van der Waals surface area contributed by atoms with Crippen molar-refractivity contribution in [3.63, 3.8) is 0 Å². The molecule has 23 heavy (non-hydrogen) atoms. The van der Waals surface area contributed by atoms with E-state index in [0.29, 0.717) is 5.92 Å². The fourth-order valence-corrected chi connectivity index (χ4v) is 2.53. The lowest BCUT2D eigenvalue weighted by atomic mass is 10.0. The van der Waals surface area contributed by atoms with Crippen LogP contribution in [-0.2, 0) is 0 Å². The van der Waals surface area contributed by atoms with Crippen molar-refractivity contribution in [3.05, 3.63) is 37.1 Å². The molecule has 0 aromatic carbocycles. The molecular formula is C16H20N6O. The molecule has 0 saturated carbocycles. The average molecular weight is 312 g/mol. The lowest BCUT2D eigenvalue weighted by molar-refractivity contribution is 0.258. The van der Waals surface area contributed by atoms with E-state index in [2.05, 4.69) is 32.3 Å². The topological polar surface area (TPSA) is 88.8 Å². The third-order valence-corrected chi connectivity index (χ3v) is 3.95. The molecule has 2 N–H and O–H groups in total. The molecule has 0 amide bonds. The molecule has 0 spiro atoms. The number of fused-ring (bicyclic) bond motifs is 1. The summed E-state index contributed by atoms with van der Waals surface area (Å²) in [6.07, 6.45) is 8.56. The van der Waals surface area contributed by atoms with E-state index in [0.717, 1.165) is 41.9 Å². The van der Waals surface area contributed by atoms with Crippen LogP contribution in [0.25, 0.3) is 16.7 Å². The number of aromatic nitrogens is 5. The van der Waals surface area contributed by atoms with E-state index in [4.69, 9.17) is 5.11 Å². The first-order chi connectivity index (χ1) is 11.3. The maximum Gasteiger partial charge on any atom is 0.168 e. The van der Waals surface area contributed by atoms with Gasteiger partial charge in [0.1, 0.15) is 12.1 Å². The summed E-state index contributed by atoms with van der Waals surface area (Å²) >= 11 is 0. The van der Waals surface area contributed by atoms with E-state index >= 15 is 0 Å². The molecule has 0 aliphatic carbocycles. The van der Waals surface area contributed by atoms with Gasteiger partial charge < -0.3 is 10.4 Å². The van der Waals surface area contributed by atoms with Crippen LogP contribution in [0, 0.1) is 5.92 Å². The maximum absolute atomic E-state index is 9.09. The van der Waals surface area contributed by atoms with Gasteiger partial charge in [0.05, 0.1) is 17.3 Å². The maximum atomic E-state index is 9.09. The molecule has 3 aromatic heterocycles. The highest BCUT2D eigenvalue weighted by atomic mass is 16.3. The predicted molar refractivity (Wildman–Crippen MR) is 88.4 cm³/mol. The van der Waals surface area contributed by atoms with Crippen LogP contribution in [0.3, 0.4) is 0 Å². The van der Waals surface area contributed by atoms with Crippen LogP contribution in [0.15, 0.2) is 37.1 Å². The number of aliphatic hydroxyl groups excluding tert-OH is 1. The number of nitrogens with one attached hydrogen (secondary N) is 1. The summed E-state index contributed by atoms with van der Waals surface area (Å²) in [5, 5.41) is 17.7. The van der Waals surface area contributed by atoms with Gasteiger partial charge in [0.15, 0.2) is 5.65 Å². The van der Waals surface area contributed by atoms with Crippen molar-refractivity contribution < 1.29 is 5.11 Å². The number of aliphatic hydroxyl groups is 1. The van der Waals surface area contributed by atoms with Gasteiger partial charge in [-0.25, -0.2) is 14.6 Å². The molecule has 3 aromatic rings. The molecule has 0 fully saturated rings. The van der Waals surface area contributed by atoms with Crippen molar-refractivity contribution in [2.45, 2.75) is 19.8 Å². The number of nitrogens with zero attached hydrogens (tertiary/aromatic N) is 5. The van der Waals surface area contributed by atoms with Crippen LogP contribution >= 0.6 is 0 Å². The Morgan fingerprint density at radius 2 is 2.09 bits per heavy atom. The van der Waals surface area contributed by atoms with E-state index in [9.17, 15) is 0 Å². The minimum absolute atomic E-state index is 0.208. The molecular weight excluding hydrogens is 292 g/mol. The van der Waals surface area contributed by atoms with Gasteiger partial charge in [-0.05, 0) is 24.5 Å². The standard InChI is InChI=1S/C16H20N6O/c1-2-12(5-8-23)9-18-15-14-10-21-22(16(14)20-11-19-15)13-3-6-17-7-4-13/h3-4,6-7,10-12,23H,2,5,8-9H2,1H3,(H,18,19,20). The Kier molecular flexibility index (Phi) is 4.77. The van der Waals surface area contributed by atoms with Gasteiger partial charge in [-0.2, -0.15) is 5.10 Å². The third kappa shape index (κ3) is 3.29. The number of rotatable bonds is 7. The second kappa shape index (κ2) is 7.15. The highest BCUT2D eigenvalue weighted by Gasteiger charge is 2.12. The Morgan fingerprint density at radius 1 is 1.26 bits per heavy atom. The number of pyridine rings is 1. The molecule has 7 nitrogen and oxygen atoms in total. The highest BCUT2D eigenvalue weighted by Crippen LogP contribution is 2.22. The van der Waals surface area contributed by atoms with Crippen molar-refractivity contribution >= 4 is 16.9 Å². The van der Waals surface area contributed by atoms with Crippen LogP contribution in [0.5, 0.6) is 0 Å². The third-order valence-electron chi connectivity index (χ3n) is 3.95. The Morgan fingerprint density at radius 3 is 2.83 bits per heavy atom. The Balaban J connectivity index is 1.87. The first-order valence-corrected chi connectivity index (χ1v) is 7.77. The number of anilines is 1. The molecule has 1 atom stereocenters.